The molecule has 0 bridgehead atoms. The van der Waals surface area contributed by atoms with Crippen LogP contribution >= 0.6 is 11.6 Å². The molecule has 9 heteroatoms. The molecule has 166 valence electrons. The molecule has 0 radical (unpaired) electrons. The van der Waals surface area contributed by atoms with Crippen molar-refractivity contribution in [1.82, 2.24) is 9.78 Å². The second-order valence-electron chi connectivity index (χ2n) is 6.61. The van der Waals surface area contributed by atoms with E-state index in [0.717, 1.165) is 6.08 Å². The van der Waals surface area contributed by atoms with Gasteiger partial charge in [0.15, 0.2) is 23.9 Å². The van der Waals surface area contributed by atoms with Crippen LogP contribution in [0.25, 0.3) is 11.8 Å². The minimum atomic E-state index is -0.719. The van der Waals surface area contributed by atoms with Crippen LogP contribution in [0.5, 0.6) is 11.5 Å². The summed E-state index contributed by atoms with van der Waals surface area (Å²) in [7, 11) is 2.95. The molecule has 0 unspecified atom stereocenters. The van der Waals surface area contributed by atoms with Crippen LogP contribution in [0.15, 0.2) is 48.5 Å². The van der Waals surface area contributed by atoms with Crippen LogP contribution in [-0.2, 0) is 9.53 Å². The van der Waals surface area contributed by atoms with E-state index in [2.05, 4.69) is 5.10 Å². The van der Waals surface area contributed by atoms with E-state index >= 15 is 0 Å². The normalized spacial score (nSPS) is 10.9. The minimum Gasteiger partial charge on any atom is -0.493 e. The molecule has 0 fully saturated rings. The number of carbonyl (C=O) groups is 2. The van der Waals surface area contributed by atoms with Crippen LogP contribution in [0.4, 0.5) is 4.39 Å². The van der Waals surface area contributed by atoms with Crippen LogP contribution < -0.4 is 9.47 Å². The van der Waals surface area contributed by atoms with E-state index in [1.165, 1.54) is 55.3 Å². The van der Waals surface area contributed by atoms with Gasteiger partial charge in [0.2, 0.25) is 0 Å². The molecule has 3 rings (SSSR count). The smallest absolute Gasteiger partial charge is 0.331 e. The van der Waals surface area contributed by atoms with Gasteiger partial charge in [-0.15, -0.1) is 0 Å². The fourth-order valence-electron chi connectivity index (χ4n) is 2.88. The van der Waals surface area contributed by atoms with Crippen LogP contribution in [0.2, 0.25) is 5.15 Å². The predicted octanol–water partition coefficient (Wildman–Crippen LogP) is 4.43. The monoisotopic (exact) mass is 458 g/mol. The van der Waals surface area contributed by atoms with Gasteiger partial charge in [0.25, 0.3) is 0 Å². The number of carbonyl (C=O) groups excluding carboxylic acids is 2. The number of ketones is 1. The Morgan fingerprint density at radius 1 is 1.09 bits per heavy atom. The van der Waals surface area contributed by atoms with Gasteiger partial charge in [0.1, 0.15) is 11.0 Å². The molecule has 0 aliphatic carbocycles. The zero-order valence-corrected chi connectivity index (χ0v) is 18.4. The third-order valence-electron chi connectivity index (χ3n) is 4.56. The van der Waals surface area contributed by atoms with E-state index in [0.29, 0.717) is 34.0 Å². The number of aromatic nitrogens is 2. The highest BCUT2D eigenvalue weighted by molar-refractivity contribution is 6.31. The van der Waals surface area contributed by atoms with Crippen molar-refractivity contribution >= 4 is 29.4 Å². The van der Waals surface area contributed by atoms with Crippen molar-refractivity contribution in [2.24, 2.45) is 0 Å². The standard InChI is InChI=1S/C23H20ClFN2O5/c1-14-18(23(24)27(26-14)17-7-5-16(25)6-8-17)9-11-22(29)32-13-19(28)15-4-10-20(30-2)21(12-15)31-3/h4-12H,13H2,1-3H3/b11-9+. The first-order valence-electron chi connectivity index (χ1n) is 9.45. The second kappa shape index (κ2) is 10.1. The average Bonchev–Trinajstić information content (AvgIpc) is 3.09. The first-order valence-corrected chi connectivity index (χ1v) is 9.83. The largest absolute Gasteiger partial charge is 0.493 e. The Bertz CT molecular complexity index is 1170. The Balaban J connectivity index is 1.66. The van der Waals surface area contributed by atoms with Gasteiger partial charge in [-0.25, -0.2) is 13.9 Å². The Kier molecular flexibility index (Phi) is 7.27. The lowest BCUT2D eigenvalue weighted by Gasteiger charge is -2.09. The molecular formula is C23H20ClFN2O5. The summed E-state index contributed by atoms with van der Waals surface area (Å²) in [5.41, 5.74) is 1.95. The van der Waals surface area contributed by atoms with Gasteiger partial charge in [-0.1, -0.05) is 11.6 Å². The van der Waals surface area contributed by atoms with Crippen molar-refractivity contribution in [3.63, 3.8) is 0 Å². The Morgan fingerprint density at radius 2 is 1.78 bits per heavy atom. The van der Waals surface area contributed by atoms with Gasteiger partial charge < -0.3 is 14.2 Å². The number of esters is 1. The summed E-state index contributed by atoms with van der Waals surface area (Å²) in [6, 6.07) is 10.3. The zero-order valence-electron chi connectivity index (χ0n) is 17.6. The van der Waals surface area contributed by atoms with Crippen molar-refractivity contribution in [2.45, 2.75) is 6.92 Å². The van der Waals surface area contributed by atoms with E-state index in [1.807, 2.05) is 0 Å². The fourth-order valence-corrected chi connectivity index (χ4v) is 3.22. The summed E-state index contributed by atoms with van der Waals surface area (Å²) in [6.07, 6.45) is 2.61. The molecule has 3 aromatic rings. The number of halogens is 2. The molecular weight excluding hydrogens is 439 g/mol. The number of Topliss-reactive ketones (excluding diaryl/α,β-unsaturated/α-hetero) is 1. The number of methoxy groups -OCH3 is 2. The molecule has 0 aliphatic heterocycles. The van der Waals surface area contributed by atoms with Crippen molar-refractivity contribution in [1.29, 1.82) is 0 Å². The van der Waals surface area contributed by atoms with Gasteiger partial charge in [0.05, 0.1) is 25.6 Å². The molecule has 0 aliphatic rings. The Labute approximate surface area is 189 Å². The SMILES string of the molecule is COc1ccc(C(=O)COC(=O)/C=C/c2c(C)nn(-c3ccc(F)cc3)c2Cl)cc1OC. The average molecular weight is 459 g/mol. The molecule has 0 amide bonds. The van der Waals surface area contributed by atoms with Crippen molar-refractivity contribution in [3.8, 4) is 17.2 Å². The number of ether oxygens (including phenoxy) is 3. The van der Waals surface area contributed by atoms with Crippen molar-refractivity contribution in [2.75, 3.05) is 20.8 Å². The van der Waals surface area contributed by atoms with Gasteiger partial charge in [-0.05, 0) is 55.5 Å². The molecule has 0 N–H and O–H groups in total. The van der Waals surface area contributed by atoms with E-state index in [1.54, 1.807) is 19.1 Å². The fraction of sp³-hybridized carbons (Fsp3) is 0.174. The lowest BCUT2D eigenvalue weighted by molar-refractivity contribution is -0.136. The lowest BCUT2D eigenvalue weighted by atomic mass is 10.1. The van der Waals surface area contributed by atoms with Gasteiger partial charge >= 0.3 is 5.97 Å². The maximum absolute atomic E-state index is 13.1. The highest BCUT2D eigenvalue weighted by Crippen LogP contribution is 2.28. The van der Waals surface area contributed by atoms with Crippen LogP contribution in [0, 0.1) is 12.7 Å². The summed E-state index contributed by atoms with van der Waals surface area (Å²) in [5.74, 6) is -0.612. The summed E-state index contributed by atoms with van der Waals surface area (Å²) < 4.78 is 29.9. The molecule has 7 nitrogen and oxygen atoms in total. The summed E-state index contributed by atoms with van der Waals surface area (Å²) in [6.45, 7) is 1.28. The Hall–Kier alpha value is -3.65. The quantitative estimate of drug-likeness (QED) is 0.282. The number of aryl methyl sites for hydroxylation is 1. The van der Waals surface area contributed by atoms with E-state index in [-0.39, 0.29) is 11.0 Å². The third-order valence-corrected chi connectivity index (χ3v) is 4.92. The topological polar surface area (TPSA) is 79.7 Å². The molecule has 0 saturated carbocycles. The van der Waals surface area contributed by atoms with Crippen LogP contribution in [0.1, 0.15) is 21.6 Å². The Morgan fingerprint density at radius 3 is 2.44 bits per heavy atom. The molecule has 32 heavy (non-hydrogen) atoms. The minimum absolute atomic E-state index is 0.250. The first-order chi connectivity index (χ1) is 15.3. The van der Waals surface area contributed by atoms with E-state index in [4.69, 9.17) is 25.8 Å². The van der Waals surface area contributed by atoms with Gasteiger partial charge in [-0.2, -0.15) is 5.10 Å². The first kappa shape index (κ1) is 23.0. The summed E-state index contributed by atoms with van der Waals surface area (Å²) >= 11 is 6.38. The highest BCUT2D eigenvalue weighted by atomic mass is 35.5. The van der Waals surface area contributed by atoms with Crippen molar-refractivity contribution < 1.29 is 28.2 Å². The maximum Gasteiger partial charge on any atom is 0.331 e. The zero-order chi connectivity index (χ0) is 23.3. The second-order valence-corrected chi connectivity index (χ2v) is 6.97. The number of hydrogen-bond donors (Lipinski definition) is 0. The molecule has 1 aromatic heterocycles. The van der Waals surface area contributed by atoms with E-state index < -0.39 is 18.4 Å². The number of hydrogen-bond acceptors (Lipinski definition) is 6. The lowest BCUT2D eigenvalue weighted by Crippen LogP contribution is -2.12. The van der Waals surface area contributed by atoms with Gasteiger partial charge in [0, 0.05) is 17.2 Å². The number of nitrogens with zero attached hydrogens (tertiary/aromatic N) is 2. The van der Waals surface area contributed by atoms with Gasteiger partial charge in [-0.3, -0.25) is 4.79 Å². The maximum atomic E-state index is 13.1. The van der Waals surface area contributed by atoms with E-state index in [9.17, 15) is 14.0 Å². The van der Waals surface area contributed by atoms with Crippen molar-refractivity contribution in [3.05, 3.63) is 76.3 Å². The molecule has 1 heterocycles. The molecule has 0 saturated heterocycles. The predicted molar refractivity (Wildman–Crippen MR) is 117 cm³/mol. The summed E-state index contributed by atoms with van der Waals surface area (Å²) in [4.78, 5) is 24.4. The third kappa shape index (κ3) is 5.15. The van der Waals surface area contributed by atoms with Crippen LogP contribution in [-0.4, -0.2) is 42.4 Å². The van der Waals surface area contributed by atoms with Crippen LogP contribution in [0.3, 0.4) is 0 Å². The summed E-state index contributed by atoms with van der Waals surface area (Å²) in [5, 5.41) is 4.56. The highest BCUT2D eigenvalue weighted by Gasteiger charge is 2.15. The number of benzene rings is 2. The molecule has 0 spiro atoms. The number of rotatable bonds is 8. The molecule has 0 atom stereocenters. The molecule has 2 aromatic carbocycles.